The molecule has 0 N–H and O–H groups in total. The van der Waals surface area contributed by atoms with Gasteiger partial charge in [0, 0.05) is 5.56 Å². The molecule has 17 heavy (non-hydrogen) atoms. The number of nitrogens with zero attached hydrogens (tertiary/aromatic N) is 1. The highest BCUT2D eigenvalue weighted by Gasteiger charge is 2.04. The fraction of sp³-hybridized carbons (Fsp3) is 0. The molecule has 0 atom stereocenters. The molecule has 0 bridgehead atoms. The van der Waals surface area contributed by atoms with Gasteiger partial charge in [0.25, 0.3) is 0 Å². The normalized spacial score (nSPS) is 10.6. The van der Waals surface area contributed by atoms with E-state index in [9.17, 15) is 0 Å². The van der Waals surface area contributed by atoms with Gasteiger partial charge in [0.15, 0.2) is 0 Å². The van der Waals surface area contributed by atoms with E-state index < -0.39 is 0 Å². The van der Waals surface area contributed by atoms with Crippen LogP contribution >= 0.6 is 12.2 Å². The van der Waals surface area contributed by atoms with E-state index in [1.165, 1.54) is 0 Å². The summed E-state index contributed by atoms with van der Waals surface area (Å²) in [6.07, 6.45) is 0. The molecule has 3 rings (SSSR count). The average Bonchev–Trinajstić information content (AvgIpc) is 2.40. The van der Waals surface area contributed by atoms with Gasteiger partial charge in [0.2, 0.25) is 5.89 Å². The molecule has 3 aromatic rings. The van der Waals surface area contributed by atoms with Gasteiger partial charge in [-0.2, -0.15) is 0 Å². The summed E-state index contributed by atoms with van der Waals surface area (Å²) >= 11 is 5.27. The predicted molar refractivity (Wildman–Crippen MR) is 70.3 cm³/mol. The zero-order valence-corrected chi connectivity index (χ0v) is 9.78. The van der Waals surface area contributed by atoms with Crippen molar-refractivity contribution in [1.82, 2.24) is 4.98 Å². The van der Waals surface area contributed by atoms with Crippen molar-refractivity contribution in [3.8, 4) is 11.5 Å². The number of aromatic nitrogens is 1. The van der Waals surface area contributed by atoms with Crippen LogP contribution in [0.25, 0.3) is 22.4 Å². The number of fused-ring (bicyclic) bond motifs is 1. The maximum Gasteiger partial charge on any atom is 0.227 e. The van der Waals surface area contributed by atoms with E-state index in [-0.39, 0.29) is 0 Å². The highest BCUT2D eigenvalue weighted by molar-refractivity contribution is 7.71. The van der Waals surface area contributed by atoms with Crippen molar-refractivity contribution in [3.63, 3.8) is 0 Å². The summed E-state index contributed by atoms with van der Waals surface area (Å²) in [5, 5.41) is 0.877. The lowest BCUT2D eigenvalue weighted by atomic mass is 10.2. The molecule has 1 heterocycles. The van der Waals surface area contributed by atoms with Crippen molar-refractivity contribution < 1.29 is 4.42 Å². The number of rotatable bonds is 1. The molecule has 0 saturated heterocycles. The van der Waals surface area contributed by atoms with Crippen molar-refractivity contribution in [2.75, 3.05) is 0 Å². The van der Waals surface area contributed by atoms with Gasteiger partial charge in [-0.1, -0.05) is 42.5 Å². The Labute approximate surface area is 104 Å². The van der Waals surface area contributed by atoms with Gasteiger partial charge >= 0.3 is 0 Å². The second-order valence-corrected chi connectivity index (χ2v) is 4.07. The minimum Gasteiger partial charge on any atom is -0.438 e. The molecule has 0 aliphatic heterocycles. The number of hydrogen-bond donors (Lipinski definition) is 0. The third-order valence-electron chi connectivity index (χ3n) is 2.55. The lowest BCUT2D eigenvalue weighted by Gasteiger charge is -2.02. The van der Waals surface area contributed by atoms with Crippen LogP contribution in [-0.2, 0) is 0 Å². The van der Waals surface area contributed by atoms with E-state index in [4.69, 9.17) is 16.6 Å². The van der Waals surface area contributed by atoms with Crippen LogP contribution in [0, 0.1) is 4.64 Å². The molecule has 0 aliphatic carbocycles. The molecule has 2 nitrogen and oxygen atoms in total. The van der Waals surface area contributed by atoms with Gasteiger partial charge in [0.1, 0.15) is 10.2 Å². The fourth-order valence-corrected chi connectivity index (χ4v) is 1.97. The first-order chi connectivity index (χ1) is 8.34. The van der Waals surface area contributed by atoms with Crippen molar-refractivity contribution in [2.24, 2.45) is 0 Å². The monoisotopic (exact) mass is 239 g/mol. The summed E-state index contributed by atoms with van der Waals surface area (Å²) in [6.45, 7) is 0. The van der Waals surface area contributed by atoms with Crippen LogP contribution in [0.1, 0.15) is 0 Å². The predicted octanol–water partition coefficient (Wildman–Crippen LogP) is 4.22. The largest absolute Gasteiger partial charge is 0.438 e. The van der Waals surface area contributed by atoms with Gasteiger partial charge in [-0.05, 0) is 24.3 Å². The van der Waals surface area contributed by atoms with Crippen LogP contribution in [0.2, 0.25) is 0 Å². The van der Waals surface area contributed by atoms with Crippen LogP contribution in [0.4, 0.5) is 0 Å². The number of hydrogen-bond acceptors (Lipinski definition) is 3. The molecule has 3 heteroatoms. The molecule has 0 unspecified atom stereocenters. The summed E-state index contributed by atoms with van der Waals surface area (Å²) in [7, 11) is 0. The van der Waals surface area contributed by atoms with Crippen molar-refractivity contribution >= 4 is 23.2 Å². The van der Waals surface area contributed by atoms with E-state index >= 15 is 0 Å². The third kappa shape index (κ3) is 1.85. The van der Waals surface area contributed by atoms with Gasteiger partial charge in [-0.15, -0.1) is 0 Å². The highest BCUT2D eigenvalue weighted by Crippen LogP contribution is 2.22. The van der Waals surface area contributed by atoms with E-state index in [0.717, 1.165) is 16.5 Å². The Morgan fingerprint density at radius 2 is 1.59 bits per heavy atom. The van der Waals surface area contributed by atoms with E-state index in [1.807, 2.05) is 54.6 Å². The summed E-state index contributed by atoms with van der Waals surface area (Å²) in [5.41, 5.74) is 1.70. The van der Waals surface area contributed by atoms with Gasteiger partial charge in [0.05, 0.1) is 5.39 Å². The zero-order chi connectivity index (χ0) is 11.7. The second-order valence-electron chi connectivity index (χ2n) is 3.69. The lowest BCUT2D eigenvalue weighted by molar-refractivity contribution is 0.597. The molecule has 0 saturated carbocycles. The van der Waals surface area contributed by atoms with E-state index in [0.29, 0.717) is 10.5 Å². The SMILES string of the molecule is S=c1nc(-c2ccccc2)oc2ccccc12. The fourth-order valence-electron chi connectivity index (χ4n) is 1.72. The summed E-state index contributed by atoms with van der Waals surface area (Å²) in [6, 6.07) is 17.4. The van der Waals surface area contributed by atoms with E-state index in [2.05, 4.69) is 4.98 Å². The lowest BCUT2D eigenvalue weighted by Crippen LogP contribution is -1.85. The molecule has 0 amide bonds. The molecule has 0 fully saturated rings. The molecular weight excluding hydrogens is 230 g/mol. The molecule has 0 radical (unpaired) electrons. The highest BCUT2D eigenvalue weighted by atomic mass is 32.1. The molecule has 2 aromatic carbocycles. The summed E-state index contributed by atoms with van der Waals surface area (Å²) in [4.78, 5) is 4.32. The zero-order valence-electron chi connectivity index (χ0n) is 8.96. The quantitative estimate of drug-likeness (QED) is 0.594. The van der Waals surface area contributed by atoms with Crippen molar-refractivity contribution in [2.45, 2.75) is 0 Å². The first-order valence-corrected chi connectivity index (χ1v) is 5.71. The third-order valence-corrected chi connectivity index (χ3v) is 2.86. The van der Waals surface area contributed by atoms with Crippen LogP contribution in [0.3, 0.4) is 0 Å². The Morgan fingerprint density at radius 1 is 0.882 bits per heavy atom. The minimum atomic E-state index is 0.564. The topological polar surface area (TPSA) is 26.0 Å². The first-order valence-electron chi connectivity index (χ1n) is 5.30. The van der Waals surface area contributed by atoms with Crippen LogP contribution in [0.15, 0.2) is 59.0 Å². The molecule has 82 valence electrons. The van der Waals surface area contributed by atoms with Gasteiger partial charge in [-0.25, -0.2) is 4.98 Å². The summed E-state index contributed by atoms with van der Waals surface area (Å²) in [5.74, 6) is 0.564. The standard InChI is InChI=1S/C14H9NOS/c17-14-11-8-4-5-9-12(11)16-13(15-14)10-6-2-1-3-7-10/h1-9H. The Kier molecular flexibility index (Phi) is 2.46. The van der Waals surface area contributed by atoms with Crippen molar-refractivity contribution in [3.05, 3.63) is 59.2 Å². The van der Waals surface area contributed by atoms with E-state index in [1.54, 1.807) is 0 Å². The van der Waals surface area contributed by atoms with Crippen molar-refractivity contribution in [1.29, 1.82) is 0 Å². The second kappa shape index (κ2) is 4.11. The van der Waals surface area contributed by atoms with Crippen LogP contribution in [0.5, 0.6) is 0 Å². The minimum absolute atomic E-state index is 0.564. The Balaban J connectivity index is 2.30. The number of para-hydroxylation sites is 1. The Morgan fingerprint density at radius 3 is 2.41 bits per heavy atom. The number of benzene rings is 2. The Bertz CT molecular complexity index is 719. The smallest absolute Gasteiger partial charge is 0.227 e. The maximum absolute atomic E-state index is 5.75. The summed E-state index contributed by atoms with van der Waals surface area (Å²) < 4.78 is 6.33. The van der Waals surface area contributed by atoms with Crippen LogP contribution in [-0.4, -0.2) is 4.98 Å². The van der Waals surface area contributed by atoms with Gasteiger partial charge < -0.3 is 4.42 Å². The molecule has 0 spiro atoms. The molecule has 1 aromatic heterocycles. The maximum atomic E-state index is 5.75. The van der Waals surface area contributed by atoms with Crippen LogP contribution < -0.4 is 0 Å². The molecule has 0 aliphatic rings. The molecular formula is C14H9NOS. The van der Waals surface area contributed by atoms with Gasteiger partial charge in [-0.3, -0.25) is 0 Å². The first kappa shape index (κ1) is 10.2. The average molecular weight is 239 g/mol. The Hall–Kier alpha value is -2.00.